The first-order valence-corrected chi connectivity index (χ1v) is 5.60. The Hall–Kier alpha value is -1.09. The van der Waals surface area contributed by atoms with Crippen LogP contribution in [-0.2, 0) is 6.42 Å². The molecule has 1 fully saturated rings. The van der Waals surface area contributed by atoms with E-state index in [1.165, 1.54) is 24.8 Å². The third-order valence-electron chi connectivity index (χ3n) is 2.90. The molecule has 0 aliphatic carbocycles. The van der Waals surface area contributed by atoms with Gasteiger partial charge >= 0.3 is 0 Å². The van der Waals surface area contributed by atoms with E-state index < -0.39 is 0 Å². The van der Waals surface area contributed by atoms with Gasteiger partial charge in [0.25, 0.3) is 0 Å². The largest absolute Gasteiger partial charge is 0.495 e. The summed E-state index contributed by atoms with van der Waals surface area (Å²) >= 11 is 0. The number of hydrogen-bond acceptors (Lipinski definition) is 3. The molecule has 0 bridgehead atoms. The summed E-state index contributed by atoms with van der Waals surface area (Å²) in [7, 11) is 1.68. The second-order valence-corrected chi connectivity index (χ2v) is 4.08. The van der Waals surface area contributed by atoms with Crippen molar-refractivity contribution < 1.29 is 4.74 Å². The lowest BCUT2D eigenvalue weighted by Gasteiger charge is -2.23. The van der Waals surface area contributed by atoms with Gasteiger partial charge in [0.05, 0.1) is 13.3 Å². The molecule has 15 heavy (non-hydrogen) atoms. The van der Waals surface area contributed by atoms with Gasteiger partial charge in [-0.1, -0.05) is 6.42 Å². The molecule has 1 aliphatic rings. The highest BCUT2D eigenvalue weighted by Gasteiger charge is 2.13. The van der Waals surface area contributed by atoms with Gasteiger partial charge in [0.15, 0.2) is 0 Å². The molecule has 1 aliphatic heterocycles. The van der Waals surface area contributed by atoms with Gasteiger partial charge in [0, 0.05) is 12.2 Å². The molecule has 3 heteroatoms. The minimum absolute atomic E-state index is 0.618. The van der Waals surface area contributed by atoms with Crippen LogP contribution in [0, 0.1) is 0 Å². The third kappa shape index (κ3) is 2.93. The van der Waals surface area contributed by atoms with E-state index in [2.05, 4.69) is 16.4 Å². The molecule has 2 heterocycles. The Morgan fingerprint density at radius 1 is 1.47 bits per heavy atom. The molecule has 1 N–H and O–H groups in total. The molecule has 0 saturated carbocycles. The van der Waals surface area contributed by atoms with E-state index in [1.54, 1.807) is 13.3 Å². The van der Waals surface area contributed by atoms with E-state index in [1.807, 2.05) is 6.20 Å². The predicted molar refractivity (Wildman–Crippen MR) is 60.1 cm³/mol. The van der Waals surface area contributed by atoms with E-state index in [0.29, 0.717) is 6.04 Å². The van der Waals surface area contributed by atoms with Crippen molar-refractivity contribution in [3.63, 3.8) is 0 Å². The van der Waals surface area contributed by atoms with Crippen LogP contribution >= 0.6 is 0 Å². The van der Waals surface area contributed by atoms with Gasteiger partial charge in [-0.05, 0) is 37.4 Å². The molecule has 0 spiro atoms. The molecular formula is C12H18N2O. The van der Waals surface area contributed by atoms with Gasteiger partial charge in [-0.2, -0.15) is 0 Å². The number of piperidine rings is 1. The van der Waals surface area contributed by atoms with Crippen LogP contribution in [0.5, 0.6) is 5.75 Å². The zero-order valence-electron chi connectivity index (χ0n) is 9.20. The number of methoxy groups -OCH3 is 1. The first kappa shape index (κ1) is 10.4. The number of rotatable bonds is 3. The zero-order valence-corrected chi connectivity index (χ0v) is 9.20. The van der Waals surface area contributed by atoms with Crippen molar-refractivity contribution in [2.75, 3.05) is 13.7 Å². The summed E-state index contributed by atoms with van der Waals surface area (Å²) in [5.41, 5.74) is 1.26. The Morgan fingerprint density at radius 2 is 2.40 bits per heavy atom. The van der Waals surface area contributed by atoms with Crippen LogP contribution in [0.2, 0.25) is 0 Å². The molecule has 0 amide bonds. The predicted octanol–water partition coefficient (Wildman–Crippen LogP) is 1.77. The van der Waals surface area contributed by atoms with Crippen LogP contribution < -0.4 is 10.1 Å². The second kappa shape index (κ2) is 5.12. The molecule has 2 rings (SSSR count). The highest BCUT2D eigenvalue weighted by molar-refractivity contribution is 5.24. The molecule has 3 nitrogen and oxygen atoms in total. The smallest absolute Gasteiger partial charge is 0.137 e. The van der Waals surface area contributed by atoms with Crippen LogP contribution in [-0.4, -0.2) is 24.7 Å². The molecule has 1 unspecified atom stereocenters. The van der Waals surface area contributed by atoms with Crippen molar-refractivity contribution in [3.8, 4) is 5.75 Å². The first-order valence-electron chi connectivity index (χ1n) is 5.60. The Kier molecular flexibility index (Phi) is 3.56. The summed E-state index contributed by atoms with van der Waals surface area (Å²) in [4.78, 5) is 4.17. The van der Waals surface area contributed by atoms with Crippen LogP contribution in [0.1, 0.15) is 24.8 Å². The maximum atomic E-state index is 5.16. The zero-order chi connectivity index (χ0) is 10.5. The monoisotopic (exact) mass is 206 g/mol. The normalized spacial score (nSPS) is 21.3. The fourth-order valence-corrected chi connectivity index (χ4v) is 2.07. The fraction of sp³-hybridized carbons (Fsp3) is 0.583. The Balaban J connectivity index is 1.96. The van der Waals surface area contributed by atoms with Crippen LogP contribution in [0.3, 0.4) is 0 Å². The summed E-state index contributed by atoms with van der Waals surface area (Å²) in [6.07, 6.45) is 8.67. The minimum atomic E-state index is 0.618. The van der Waals surface area contributed by atoms with E-state index in [0.717, 1.165) is 18.7 Å². The SMILES string of the molecule is COc1cncc(CC2CCCCN2)c1. The molecule has 0 aromatic carbocycles. The van der Waals surface area contributed by atoms with Crippen molar-refractivity contribution in [2.24, 2.45) is 0 Å². The summed E-state index contributed by atoms with van der Waals surface area (Å²) < 4.78 is 5.16. The van der Waals surface area contributed by atoms with E-state index in [4.69, 9.17) is 4.74 Å². The lowest BCUT2D eigenvalue weighted by Crippen LogP contribution is -2.35. The van der Waals surface area contributed by atoms with Gasteiger partial charge in [0.1, 0.15) is 5.75 Å². The van der Waals surface area contributed by atoms with Gasteiger partial charge in [-0.3, -0.25) is 4.98 Å². The Bertz CT molecular complexity index is 308. The van der Waals surface area contributed by atoms with Gasteiger partial charge in [0.2, 0.25) is 0 Å². The highest BCUT2D eigenvalue weighted by atomic mass is 16.5. The van der Waals surface area contributed by atoms with Crippen LogP contribution in [0.25, 0.3) is 0 Å². The lowest BCUT2D eigenvalue weighted by molar-refractivity contribution is 0.395. The van der Waals surface area contributed by atoms with Crippen molar-refractivity contribution >= 4 is 0 Å². The standard InChI is InChI=1S/C12H18N2O/c1-15-12-7-10(8-13-9-12)6-11-4-2-3-5-14-11/h7-9,11,14H,2-6H2,1H3. The van der Waals surface area contributed by atoms with Crippen molar-refractivity contribution in [1.82, 2.24) is 10.3 Å². The van der Waals surface area contributed by atoms with Gasteiger partial charge in [-0.25, -0.2) is 0 Å². The first-order chi connectivity index (χ1) is 7.38. The van der Waals surface area contributed by atoms with Gasteiger partial charge < -0.3 is 10.1 Å². The summed E-state index contributed by atoms with van der Waals surface area (Å²) in [5.74, 6) is 0.850. The second-order valence-electron chi connectivity index (χ2n) is 4.08. The summed E-state index contributed by atoms with van der Waals surface area (Å²) in [6.45, 7) is 1.15. The van der Waals surface area contributed by atoms with Crippen LogP contribution in [0.15, 0.2) is 18.5 Å². The van der Waals surface area contributed by atoms with E-state index >= 15 is 0 Å². The molecule has 1 aromatic heterocycles. The Morgan fingerprint density at radius 3 is 3.13 bits per heavy atom. The minimum Gasteiger partial charge on any atom is -0.495 e. The fourth-order valence-electron chi connectivity index (χ4n) is 2.07. The number of nitrogens with one attached hydrogen (secondary N) is 1. The van der Waals surface area contributed by atoms with E-state index in [9.17, 15) is 0 Å². The third-order valence-corrected chi connectivity index (χ3v) is 2.90. The molecule has 1 atom stereocenters. The molecule has 1 saturated heterocycles. The summed E-state index contributed by atoms with van der Waals surface area (Å²) in [5, 5.41) is 3.54. The van der Waals surface area contributed by atoms with Crippen molar-refractivity contribution in [1.29, 1.82) is 0 Å². The van der Waals surface area contributed by atoms with Crippen molar-refractivity contribution in [3.05, 3.63) is 24.0 Å². The molecule has 1 aromatic rings. The Labute approximate surface area is 90.9 Å². The average molecular weight is 206 g/mol. The van der Waals surface area contributed by atoms with Crippen LogP contribution in [0.4, 0.5) is 0 Å². The maximum absolute atomic E-state index is 5.16. The van der Waals surface area contributed by atoms with E-state index in [-0.39, 0.29) is 0 Å². The highest BCUT2D eigenvalue weighted by Crippen LogP contribution is 2.15. The summed E-state index contributed by atoms with van der Waals surface area (Å²) in [6, 6.07) is 2.69. The number of hydrogen-bond donors (Lipinski definition) is 1. The molecule has 82 valence electrons. The van der Waals surface area contributed by atoms with Gasteiger partial charge in [-0.15, -0.1) is 0 Å². The van der Waals surface area contributed by atoms with Crippen molar-refractivity contribution in [2.45, 2.75) is 31.7 Å². The topological polar surface area (TPSA) is 34.1 Å². The maximum Gasteiger partial charge on any atom is 0.137 e. The molecule has 0 radical (unpaired) electrons. The quantitative estimate of drug-likeness (QED) is 0.818. The number of aromatic nitrogens is 1. The number of ether oxygens (including phenoxy) is 1. The number of pyridine rings is 1. The lowest BCUT2D eigenvalue weighted by atomic mass is 9.99. The molecular weight excluding hydrogens is 188 g/mol. The number of nitrogens with zero attached hydrogens (tertiary/aromatic N) is 1. The average Bonchev–Trinajstić information content (AvgIpc) is 2.31.